The van der Waals surface area contributed by atoms with Crippen molar-refractivity contribution in [3.63, 3.8) is 0 Å². The van der Waals surface area contributed by atoms with Crippen LogP contribution in [0.3, 0.4) is 0 Å². The predicted octanol–water partition coefficient (Wildman–Crippen LogP) is 5.57. The number of methoxy groups -OCH3 is 2. The summed E-state index contributed by atoms with van der Waals surface area (Å²) in [7, 11) is 3.12. The lowest BCUT2D eigenvalue weighted by Crippen LogP contribution is -2.12. The third-order valence-corrected chi connectivity index (χ3v) is 5.72. The van der Waals surface area contributed by atoms with Crippen LogP contribution >= 0.6 is 11.3 Å². The minimum absolute atomic E-state index is 0.223. The second-order valence-corrected chi connectivity index (χ2v) is 7.99. The molecule has 1 N–H and O–H groups in total. The Morgan fingerprint density at radius 1 is 1.03 bits per heavy atom. The van der Waals surface area contributed by atoms with Gasteiger partial charge < -0.3 is 19.5 Å². The molecule has 0 aliphatic rings. The van der Waals surface area contributed by atoms with Crippen LogP contribution in [0.2, 0.25) is 0 Å². The third-order valence-electron chi connectivity index (χ3n) is 4.70. The summed E-state index contributed by atoms with van der Waals surface area (Å²) in [5.74, 6) is 0.298. The van der Waals surface area contributed by atoms with Gasteiger partial charge in [0.1, 0.15) is 10.6 Å². The average Bonchev–Trinajstić information content (AvgIpc) is 3.13. The lowest BCUT2D eigenvalue weighted by molar-refractivity contribution is -0.111. The molecule has 6 nitrogen and oxygen atoms in total. The van der Waals surface area contributed by atoms with Gasteiger partial charge in [-0.3, -0.25) is 4.79 Å². The van der Waals surface area contributed by atoms with Gasteiger partial charge in [-0.1, -0.05) is 36.4 Å². The highest BCUT2D eigenvalue weighted by Gasteiger charge is 2.26. The summed E-state index contributed by atoms with van der Waals surface area (Å²) >= 11 is 1.32. The zero-order chi connectivity index (χ0) is 23.1. The number of aryl methyl sites for hydroxylation is 1. The number of rotatable bonds is 8. The summed E-state index contributed by atoms with van der Waals surface area (Å²) in [5, 5.41) is 3.28. The molecule has 0 saturated carbocycles. The summed E-state index contributed by atoms with van der Waals surface area (Å²) < 4.78 is 16.0. The summed E-state index contributed by atoms with van der Waals surface area (Å²) in [4.78, 5) is 26.3. The number of esters is 1. The first-order valence-corrected chi connectivity index (χ1v) is 10.9. The van der Waals surface area contributed by atoms with Crippen molar-refractivity contribution >= 4 is 34.3 Å². The molecule has 0 radical (unpaired) electrons. The molecule has 3 aromatic rings. The second kappa shape index (κ2) is 10.6. The van der Waals surface area contributed by atoms with Gasteiger partial charge in [0.2, 0.25) is 5.91 Å². The van der Waals surface area contributed by atoms with E-state index in [1.807, 2.05) is 43.3 Å². The number of ether oxygens (including phenoxy) is 3. The van der Waals surface area contributed by atoms with Crippen molar-refractivity contribution in [3.05, 3.63) is 70.6 Å². The highest BCUT2D eigenvalue weighted by molar-refractivity contribution is 7.17. The van der Waals surface area contributed by atoms with Gasteiger partial charge in [0.15, 0.2) is 11.5 Å². The van der Waals surface area contributed by atoms with Crippen molar-refractivity contribution < 1.29 is 23.8 Å². The minimum Gasteiger partial charge on any atom is -0.493 e. The topological polar surface area (TPSA) is 73.9 Å². The standard InChI is InChI=1S/C25H25NO5S/c1-5-31-25(28)23-22(18-12-13-19(29-3)20(15-18)30-4)16(2)32-24(23)26-21(27)14-11-17-9-7-6-8-10-17/h6-15H,5H2,1-4H3,(H,26,27)/b14-11+. The highest BCUT2D eigenvalue weighted by atomic mass is 32.1. The first-order chi connectivity index (χ1) is 15.5. The lowest BCUT2D eigenvalue weighted by atomic mass is 10.0. The Labute approximate surface area is 191 Å². The van der Waals surface area contributed by atoms with Crippen molar-refractivity contribution in [1.82, 2.24) is 0 Å². The van der Waals surface area contributed by atoms with Crippen molar-refractivity contribution in [3.8, 4) is 22.6 Å². The van der Waals surface area contributed by atoms with E-state index < -0.39 is 5.97 Å². The molecular weight excluding hydrogens is 426 g/mol. The van der Waals surface area contributed by atoms with E-state index in [9.17, 15) is 9.59 Å². The Morgan fingerprint density at radius 2 is 1.75 bits per heavy atom. The van der Waals surface area contributed by atoms with Gasteiger partial charge in [-0.05, 0) is 43.2 Å². The van der Waals surface area contributed by atoms with Crippen LogP contribution in [0.25, 0.3) is 17.2 Å². The molecule has 0 fully saturated rings. The van der Waals surface area contributed by atoms with Gasteiger partial charge in [-0.25, -0.2) is 4.79 Å². The lowest BCUT2D eigenvalue weighted by Gasteiger charge is -2.12. The molecule has 0 aliphatic heterocycles. The summed E-state index contributed by atoms with van der Waals surface area (Å²) in [6, 6.07) is 14.9. The first-order valence-electron chi connectivity index (χ1n) is 10.1. The quantitative estimate of drug-likeness (QED) is 0.358. The zero-order valence-electron chi connectivity index (χ0n) is 18.4. The van der Waals surface area contributed by atoms with E-state index in [1.54, 1.807) is 39.4 Å². The van der Waals surface area contributed by atoms with Crippen LogP contribution in [0.15, 0.2) is 54.6 Å². The number of benzene rings is 2. The predicted molar refractivity (Wildman–Crippen MR) is 128 cm³/mol. The fourth-order valence-electron chi connectivity index (χ4n) is 3.26. The SMILES string of the molecule is CCOC(=O)c1c(NC(=O)/C=C/c2ccccc2)sc(C)c1-c1ccc(OC)c(OC)c1. The molecule has 166 valence electrons. The molecule has 3 rings (SSSR count). The Balaban J connectivity index is 2.00. The molecule has 0 saturated heterocycles. The van der Waals surface area contributed by atoms with Crippen molar-refractivity contribution in [2.75, 3.05) is 26.1 Å². The van der Waals surface area contributed by atoms with E-state index in [4.69, 9.17) is 14.2 Å². The monoisotopic (exact) mass is 451 g/mol. The molecule has 0 spiro atoms. The number of hydrogen-bond donors (Lipinski definition) is 1. The maximum Gasteiger partial charge on any atom is 0.341 e. The highest BCUT2D eigenvalue weighted by Crippen LogP contribution is 2.42. The zero-order valence-corrected chi connectivity index (χ0v) is 19.2. The van der Waals surface area contributed by atoms with Gasteiger partial charge in [-0.15, -0.1) is 11.3 Å². The molecule has 0 atom stereocenters. The molecule has 0 bridgehead atoms. The first kappa shape index (κ1) is 23.1. The van der Waals surface area contributed by atoms with E-state index in [2.05, 4.69) is 5.32 Å². The molecule has 1 amide bonds. The summed E-state index contributed by atoms with van der Waals surface area (Å²) in [6.07, 6.45) is 3.16. The maximum atomic E-state index is 12.9. The van der Waals surface area contributed by atoms with Gasteiger partial charge in [0.25, 0.3) is 0 Å². The summed E-state index contributed by atoms with van der Waals surface area (Å²) in [6.45, 7) is 3.86. The number of carbonyl (C=O) groups excluding carboxylic acids is 2. The normalized spacial score (nSPS) is 10.8. The Bertz CT molecular complexity index is 1130. The molecule has 1 heterocycles. The third kappa shape index (κ3) is 5.18. The molecule has 1 aromatic heterocycles. The van der Waals surface area contributed by atoms with E-state index in [0.29, 0.717) is 27.6 Å². The average molecular weight is 452 g/mol. The van der Waals surface area contributed by atoms with Crippen molar-refractivity contribution in [2.24, 2.45) is 0 Å². The molecule has 2 aromatic carbocycles. The number of anilines is 1. The number of amides is 1. The van der Waals surface area contributed by atoms with Crippen LogP contribution in [-0.4, -0.2) is 32.7 Å². The number of nitrogens with one attached hydrogen (secondary N) is 1. The van der Waals surface area contributed by atoms with Crippen LogP contribution in [0.1, 0.15) is 27.7 Å². The van der Waals surface area contributed by atoms with Crippen LogP contribution in [0.4, 0.5) is 5.00 Å². The van der Waals surface area contributed by atoms with E-state index >= 15 is 0 Å². The van der Waals surface area contributed by atoms with Gasteiger partial charge in [0, 0.05) is 16.5 Å². The van der Waals surface area contributed by atoms with E-state index in [0.717, 1.165) is 16.0 Å². The van der Waals surface area contributed by atoms with Crippen LogP contribution in [-0.2, 0) is 9.53 Å². The van der Waals surface area contributed by atoms with E-state index in [1.165, 1.54) is 17.4 Å². The molecule has 0 aliphatic carbocycles. The maximum absolute atomic E-state index is 12.9. The summed E-state index contributed by atoms with van der Waals surface area (Å²) in [5.41, 5.74) is 2.68. The van der Waals surface area contributed by atoms with E-state index in [-0.39, 0.29) is 12.5 Å². The number of thiophene rings is 1. The fraction of sp³-hybridized carbons (Fsp3) is 0.200. The van der Waals surface area contributed by atoms with Gasteiger partial charge in [-0.2, -0.15) is 0 Å². The second-order valence-electron chi connectivity index (χ2n) is 6.76. The smallest absolute Gasteiger partial charge is 0.341 e. The Kier molecular flexibility index (Phi) is 7.68. The van der Waals surface area contributed by atoms with Gasteiger partial charge >= 0.3 is 5.97 Å². The van der Waals surface area contributed by atoms with Crippen molar-refractivity contribution in [1.29, 1.82) is 0 Å². The van der Waals surface area contributed by atoms with Crippen molar-refractivity contribution in [2.45, 2.75) is 13.8 Å². The largest absolute Gasteiger partial charge is 0.493 e. The molecule has 7 heteroatoms. The number of hydrogen-bond acceptors (Lipinski definition) is 6. The van der Waals surface area contributed by atoms with Gasteiger partial charge in [0.05, 0.1) is 20.8 Å². The molecular formula is C25H25NO5S. The Morgan fingerprint density at radius 3 is 2.41 bits per heavy atom. The fourth-order valence-corrected chi connectivity index (χ4v) is 4.33. The van der Waals surface area contributed by atoms with Crippen LogP contribution in [0.5, 0.6) is 11.5 Å². The molecule has 0 unspecified atom stereocenters. The molecule has 32 heavy (non-hydrogen) atoms. The minimum atomic E-state index is -0.496. The number of carbonyl (C=O) groups is 2. The Hall–Kier alpha value is -3.58. The van der Waals surface area contributed by atoms with Crippen LogP contribution in [0, 0.1) is 6.92 Å². The van der Waals surface area contributed by atoms with Crippen LogP contribution < -0.4 is 14.8 Å².